The van der Waals surface area contributed by atoms with Crippen LogP contribution in [0.2, 0.25) is 0 Å². The Hall–Kier alpha value is -3.73. The lowest BCUT2D eigenvalue weighted by molar-refractivity contribution is 0.102. The average Bonchev–Trinajstić information content (AvgIpc) is 3.18. The third-order valence-electron chi connectivity index (χ3n) is 4.31. The van der Waals surface area contributed by atoms with E-state index in [1.54, 1.807) is 36.5 Å². The second-order valence-corrected chi connectivity index (χ2v) is 6.41. The summed E-state index contributed by atoms with van der Waals surface area (Å²) in [5.74, 6) is 0.266. The van der Waals surface area contributed by atoms with Crippen LogP contribution in [0.25, 0.3) is 22.8 Å². The minimum Gasteiger partial charge on any atom is -0.436 e. The molecular formula is C23H17FN2O2. The fraction of sp³-hybridized carbons (Fsp3) is 0.0435. The van der Waals surface area contributed by atoms with Crippen LogP contribution >= 0.6 is 0 Å². The number of halogens is 1. The van der Waals surface area contributed by atoms with Crippen molar-refractivity contribution in [1.82, 2.24) is 4.98 Å². The van der Waals surface area contributed by atoms with Crippen LogP contribution in [-0.2, 0) is 0 Å². The van der Waals surface area contributed by atoms with E-state index in [2.05, 4.69) is 10.3 Å². The highest BCUT2D eigenvalue weighted by Gasteiger charge is 2.17. The van der Waals surface area contributed by atoms with Gasteiger partial charge in [0.2, 0.25) is 5.89 Å². The van der Waals surface area contributed by atoms with Gasteiger partial charge in [0.25, 0.3) is 5.91 Å². The van der Waals surface area contributed by atoms with Gasteiger partial charge in [-0.2, -0.15) is 0 Å². The number of aromatic nitrogens is 1. The van der Waals surface area contributed by atoms with Crippen LogP contribution in [0.5, 0.6) is 0 Å². The van der Waals surface area contributed by atoms with Gasteiger partial charge in [0.1, 0.15) is 5.82 Å². The van der Waals surface area contributed by atoms with Crippen molar-refractivity contribution >= 4 is 11.6 Å². The van der Waals surface area contributed by atoms with Crippen LogP contribution in [0.3, 0.4) is 0 Å². The molecule has 4 rings (SSSR count). The van der Waals surface area contributed by atoms with E-state index in [0.29, 0.717) is 28.3 Å². The molecule has 0 radical (unpaired) electrons. The summed E-state index contributed by atoms with van der Waals surface area (Å²) in [6.45, 7) is 1.97. The lowest BCUT2D eigenvalue weighted by Crippen LogP contribution is -2.13. The number of nitrogens with one attached hydrogen (secondary N) is 1. The predicted octanol–water partition coefficient (Wildman–Crippen LogP) is 5.71. The second-order valence-electron chi connectivity index (χ2n) is 6.41. The summed E-state index contributed by atoms with van der Waals surface area (Å²) >= 11 is 0. The highest BCUT2D eigenvalue weighted by Crippen LogP contribution is 2.28. The number of rotatable bonds is 4. The molecule has 1 aromatic heterocycles. The summed E-state index contributed by atoms with van der Waals surface area (Å²) in [5, 5.41) is 2.90. The molecule has 0 atom stereocenters. The topological polar surface area (TPSA) is 55.1 Å². The van der Waals surface area contributed by atoms with E-state index >= 15 is 0 Å². The number of hydrogen-bond donors (Lipinski definition) is 1. The van der Waals surface area contributed by atoms with Crippen molar-refractivity contribution in [2.45, 2.75) is 6.92 Å². The molecule has 0 fully saturated rings. The second kappa shape index (κ2) is 7.48. The molecule has 0 aliphatic carbocycles. The molecule has 0 spiro atoms. The Morgan fingerprint density at radius 3 is 2.57 bits per heavy atom. The van der Waals surface area contributed by atoms with Gasteiger partial charge in [-0.05, 0) is 61.0 Å². The summed E-state index contributed by atoms with van der Waals surface area (Å²) in [4.78, 5) is 17.1. The Morgan fingerprint density at radius 1 is 1.00 bits per heavy atom. The van der Waals surface area contributed by atoms with Gasteiger partial charge in [-0.25, -0.2) is 9.37 Å². The zero-order chi connectivity index (χ0) is 19.5. The molecule has 0 unspecified atom stereocenters. The van der Waals surface area contributed by atoms with Crippen LogP contribution in [0.1, 0.15) is 15.9 Å². The molecule has 4 nitrogen and oxygen atoms in total. The Labute approximate surface area is 161 Å². The number of benzene rings is 3. The van der Waals surface area contributed by atoms with Crippen LogP contribution in [0, 0.1) is 12.7 Å². The maximum atomic E-state index is 13.1. The molecule has 28 heavy (non-hydrogen) atoms. The Balaban J connectivity index is 1.65. The lowest BCUT2D eigenvalue weighted by atomic mass is 10.1. The van der Waals surface area contributed by atoms with Crippen LogP contribution < -0.4 is 5.32 Å². The molecule has 1 heterocycles. The first-order valence-electron chi connectivity index (χ1n) is 8.79. The Bertz CT molecular complexity index is 1130. The molecule has 4 aromatic rings. The number of oxazole rings is 1. The molecule has 0 saturated carbocycles. The van der Waals surface area contributed by atoms with Gasteiger partial charge in [0.15, 0.2) is 5.76 Å². The molecule has 1 N–H and O–H groups in total. The highest BCUT2D eigenvalue weighted by atomic mass is 19.1. The van der Waals surface area contributed by atoms with Crippen molar-refractivity contribution in [2.24, 2.45) is 0 Å². The zero-order valence-corrected chi connectivity index (χ0v) is 15.1. The molecular weight excluding hydrogens is 355 g/mol. The predicted molar refractivity (Wildman–Crippen MR) is 106 cm³/mol. The largest absolute Gasteiger partial charge is 0.436 e. The number of nitrogens with zero attached hydrogens (tertiary/aromatic N) is 1. The van der Waals surface area contributed by atoms with Crippen LogP contribution in [-0.4, -0.2) is 10.9 Å². The van der Waals surface area contributed by atoms with Crippen molar-refractivity contribution in [3.8, 4) is 22.8 Å². The van der Waals surface area contributed by atoms with Crippen molar-refractivity contribution in [3.05, 3.63) is 95.9 Å². The van der Waals surface area contributed by atoms with E-state index in [1.807, 2.05) is 37.3 Å². The number of amides is 1. The third-order valence-corrected chi connectivity index (χ3v) is 4.31. The van der Waals surface area contributed by atoms with Gasteiger partial charge in [0, 0.05) is 16.8 Å². The molecule has 0 aliphatic heterocycles. The Morgan fingerprint density at radius 2 is 1.79 bits per heavy atom. The maximum Gasteiger partial charge on any atom is 0.256 e. The zero-order valence-electron chi connectivity index (χ0n) is 15.1. The van der Waals surface area contributed by atoms with Crippen LogP contribution in [0.15, 0.2) is 83.4 Å². The Kier molecular flexibility index (Phi) is 4.72. The molecule has 5 heteroatoms. The quantitative estimate of drug-likeness (QED) is 0.499. The van der Waals surface area contributed by atoms with E-state index < -0.39 is 0 Å². The first-order chi connectivity index (χ1) is 13.6. The maximum absolute atomic E-state index is 13.1. The molecule has 0 aliphatic rings. The first kappa shape index (κ1) is 17.7. The van der Waals surface area contributed by atoms with Gasteiger partial charge in [0.05, 0.1) is 11.8 Å². The SMILES string of the molecule is Cc1cccc(NC(=O)c2ccccc2-c2ncc(-c3ccc(F)cc3)o2)c1. The highest BCUT2D eigenvalue weighted by molar-refractivity contribution is 6.08. The van der Waals surface area contributed by atoms with E-state index in [-0.39, 0.29) is 11.7 Å². The molecule has 0 saturated heterocycles. The van der Waals surface area contributed by atoms with Crippen molar-refractivity contribution in [1.29, 1.82) is 0 Å². The summed E-state index contributed by atoms with van der Waals surface area (Å²) in [6.07, 6.45) is 1.57. The van der Waals surface area contributed by atoms with E-state index in [9.17, 15) is 9.18 Å². The van der Waals surface area contributed by atoms with E-state index in [0.717, 1.165) is 11.3 Å². The van der Waals surface area contributed by atoms with Crippen molar-refractivity contribution in [2.75, 3.05) is 5.32 Å². The molecule has 0 bridgehead atoms. The smallest absolute Gasteiger partial charge is 0.256 e. The fourth-order valence-electron chi connectivity index (χ4n) is 2.94. The summed E-state index contributed by atoms with van der Waals surface area (Å²) in [7, 11) is 0. The summed E-state index contributed by atoms with van der Waals surface area (Å²) in [6, 6.07) is 20.7. The van der Waals surface area contributed by atoms with Gasteiger partial charge >= 0.3 is 0 Å². The van der Waals surface area contributed by atoms with Gasteiger partial charge < -0.3 is 9.73 Å². The summed E-state index contributed by atoms with van der Waals surface area (Å²) in [5.41, 5.74) is 3.53. The molecule has 3 aromatic carbocycles. The lowest BCUT2D eigenvalue weighted by Gasteiger charge is -2.09. The number of carbonyl (C=O) groups excluding carboxylic acids is 1. The number of aryl methyl sites for hydroxylation is 1. The van der Waals surface area contributed by atoms with Crippen molar-refractivity contribution < 1.29 is 13.6 Å². The fourth-order valence-corrected chi connectivity index (χ4v) is 2.94. The number of hydrogen-bond acceptors (Lipinski definition) is 3. The van der Waals surface area contributed by atoms with Gasteiger partial charge in [-0.3, -0.25) is 4.79 Å². The molecule has 1 amide bonds. The van der Waals surface area contributed by atoms with Crippen molar-refractivity contribution in [3.63, 3.8) is 0 Å². The minimum absolute atomic E-state index is 0.247. The average molecular weight is 372 g/mol. The first-order valence-corrected chi connectivity index (χ1v) is 8.79. The normalized spacial score (nSPS) is 10.6. The number of anilines is 1. The number of carbonyl (C=O) groups is 1. The minimum atomic E-state index is -0.318. The molecule has 138 valence electrons. The van der Waals surface area contributed by atoms with Gasteiger partial charge in [-0.15, -0.1) is 0 Å². The standard InChI is InChI=1S/C23H17FN2O2/c1-15-5-4-6-18(13-15)26-22(27)19-7-2-3-8-20(19)23-25-14-21(28-23)16-9-11-17(24)12-10-16/h2-14H,1H3,(H,26,27). The van der Waals surface area contributed by atoms with E-state index in [4.69, 9.17) is 4.42 Å². The van der Waals surface area contributed by atoms with E-state index in [1.165, 1.54) is 12.1 Å². The third kappa shape index (κ3) is 3.69. The summed E-state index contributed by atoms with van der Waals surface area (Å²) < 4.78 is 19.0. The van der Waals surface area contributed by atoms with Crippen LogP contribution in [0.4, 0.5) is 10.1 Å². The van der Waals surface area contributed by atoms with Gasteiger partial charge in [-0.1, -0.05) is 24.3 Å². The monoisotopic (exact) mass is 372 g/mol.